The third kappa shape index (κ3) is 5.08. The fraction of sp³-hybridized carbons (Fsp3) is 0.0408. The second-order valence-electron chi connectivity index (χ2n) is 13.8. The van der Waals surface area contributed by atoms with Crippen LogP contribution in [0.4, 0.5) is 0 Å². The van der Waals surface area contributed by atoms with Crippen LogP contribution in [0.3, 0.4) is 0 Å². The predicted molar refractivity (Wildman–Crippen MR) is 226 cm³/mol. The molecule has 11 rings (SSSR count). The van der Waals surface area contributed by atoms with Gasteiger partial charge in [0.2, 0.25) is 0 Å². The maximum absolute atomic E-state index is 6.51. The molecular weight excluding hydrogens is 679 g/mol. The molecule has 7 aromatic carbocycles. The minimum Gasteiger partial charge on any atom is -0.456 e. The molecule has 0 spiro atoms. The summed E-state index contributed by atoms with van der Waals surface area (Å²) in [7, 11) is 0. The molecule has 10 aromatic rings. The molecule has 3 heterocycles. The van der Waals surface area contributed by atoms with Gasteiger partial charge in [-0.1, -0.05) is 140 Å². The average molecular weight is 710 g/mol. The minimum atomic E-state index is 0.609. The van der Waals surface area contributed by atoms with E-state index >= 15 is 0 Å². The van der Waals surface area contributed by atoms with E-state index in [0.717, 1.165) is 57.0 Å². The number of benzene rings is 7. The standard InChI is InChI=1S/C49H31N3OS/c1-3-11-30(12-4-1)31-21-23-34(24-22-31)48-50-47(33-14-5-2-6-15-33)51-49(52-48)39-19-10-20-42-44(39)40-29-35(25-27-41(40)53-42)37-17-9-18-38-45-36-16-8-7-13-32(36)26-28-43(45)54-46(37)38/h2-3,5-29H,1,4H2. The summed E-state index contributed by atoms with van der Waals surface area (Å²) >= 11 is 1.86. The van der Waals surface area contributed by atoms with Gasteiger partial charge in [-0.2, -0.15) is 0 Å². The number of rotatable bonds is 5. The quantitative estimate of drug-likeness (QED) is 0.178. The lowest BCUT2D eigenvalue weighted by atomic mass is 9.98. The number of allylic oxidation sites excluding steroid dienone is 4. The number of aromatic nitrogens is 3. The summed E-state index contributed by atoms with van der Waals surface area (Å²) in [5, 5.41) is 7.19. The molecule has 0 amide bonds. The van der Waals surface area contributed by atoms with Crippen molar-refractivity contribution in [2.45, 2.75) is 12.8 Å². The zero-order chi connectivity index (χ0) is 35.6. The fourth-order valence-electron chi connectivity index (χ4n) is 7.96. The maximum Gasteiger partial charge on any atom is 0.164 e. The Kier molecular flexibility index (Phi) is 7.13. The van der Waals surface area contributed by atoms with Crippen LogP contribution < -0.4 is 0 Å². The zero-order valence-electron chi connectivity index (χ0n) is 29.2. The molecule has 0 aliphatic heterocycles. The molecule has 0 saturated heterocycles. The monoisotopic (exact) mass is 709 g/mol. The van der Waals surface area contributed by atoms with Gasteiger partial charge in [0.15, 0.2) is 17.5 Å². The van der Waals surface area contributed by atoms with Crippen LogP contribution in [0.5, 0.6) is 0 Å². The van der Waals surface area contributed by atoms with E-state index in [9.17, 15) is 0 Å². The number of furan rings is 1. The van der Waals surface area contributed by atoms with Crippen molar-refractivity contribution in [2.24, 2.45) is 0 Å². The Morgan fingerprint density at radius 2 is 1.20 bits per heavy atom. The van der Waals surface area contributed by atoms with Gasteiger partial charge in [-0.25, -0.2) is 15.0 Å². The molecule has 0 radical (unpaired) electrons. The highest BCUT2D eigenvalue weighted by Gasteiger charge is 2.20. The molecule has 0 N–H and O–H groups in total. The van der Waals surface area contributed by atoms with E-state index in [1.165, 1.54) is 47.6 Å². The predicted octanol–water partition coefficient (Wildman–Crippen LogP) is 13.7. The molecule has 1 aliphatic rings. The Morgan fingerprint density at radius 3 is 2.06 bits per heavy atom. The third-order valence-corrected chi connectivity index (χ3v) is 11.8. The Morgan fingerprint density at radius 1 is 0.481 bits per heavy atom. The fourth-order valence-corrected chi connectivity index (χ4v) is 9.21. The Bertz CT molecular complexity index is 3150. The van der Waals surface area contributed by atoms with Gasteiger partial charge in [-0.15, -0.1) is 11.3 Å². The molecule has 1 aliphatic carbocycles. The maximum atomic E-state index is 6.51. The Hall–Kier alpha value is -6.69. The van der Waals surface area contributed by atoms with E-state index in [-0.39, 0.29) is 0 Å². The van der Waals surface area contributed by atoms with Crippen molar-refractivity contribution in [2.75, 3.05) is 0 Å². The number of hydrogen-bond acceptors (Lipinski definition) is 5. The van der Waals surface area contributed by atoms with Gasteiger partial charge in [0.1, 0.15) is 11.2 Å². The largest absolute Gasteiger partial charge is 0.456 e. The Labute approximate surface area is 315 Å². The highest BCUT2D eigenvalue weighted by atomic mass is 32.1. The van der Waals surface area contributed by atoms with Crippen molar-refractivity contribution in [3.8, 4) is 45.3 Å². The van der Waals surface area contributed by atoms with E-state index in [4.69, 9.17) is 19.4 Å². The van der Waals surface area contributed by atoms with Crippen molar-refractivity contribution in [1.29, 1.82) is 0 Å². The van der Waals surface area contributed by atoms with Crippen LogP contribution in [0, 0.1) is 0 Å². The summed E-state index contributed by atoms with van der Waals surface area (Å²) in [5.74, 6) is 1.87. The molecule has 0 fully saturated rings. The lowest BCUT2D eigenvalue weighted by molar-refractivity contribution is 0.669. The topological polar surface area (TPSA) is 51.8 Å². The summed E-state index contributed by atoms with van der Waals surface area (Å²) in [5.41, 5.74) is 9.21. The molecule has 5 heteroatoms. The van der Waals surface area contributed by atoms with Gasteiger partial charge < -0.3 is 4.42 Å². The molecule has 0 atom stereocenters. The number of thiophene rings is 1. The van der Waals surface area contributed by atoms with Gasteiger partial charge in [0.25, 0.3) is 0 Å². The second-order valence-corrected chi connectivity index (χ2v) is 14.9. The van der Waals surface area contributed by atoms with E-state index in [1.807, 2.05) is 53.8 Å². The van der Waals surface area contributed by atoms with Crippen LogP contribution in [0.1, 0.15) is 18.4 Å². The van der Waals surface area contributed by atoms with Crippen LogP contribution in [0.25, 0.3) is 104 Å². The van der Waals surface area contributed by atoms with Gasteiger partial charge in [0.05, 0.1) is 0 Å². The van der Waals surface area contributed by atoms with Gasteiger partial charge in [-0.05, 0) is 70.1 Å². The van der Waals surface area contributed by atoms with Crippen LogP contribution in [0.15, 0.2) is 168 Å². The van der Waals surface area contributed by atoms with Crippen molar-refractivity contribution in [3.05, 3.63) is 169 Å². The SMILES string of the molecule is C1=CC(c2ccc(-c3nc(-c4ccccc4)nc(-c4cccc5oc6ccc(-c7cccc8c7sc7ccc9ccccc9c78)cc6c45)n3)cc2)=CCC1. The molecule has 3 aromatic heterocycles. The van der Waals surface area contributed by atoms with Gasteiger partial charge in [0, 0.05) is 47.6 Å². The zero-order valence-corrected chi connectivity index (χ0v) is 30.0. The number of nitrogens with zero attached hydrogens (tertiary/aromatic N) is 3. The van der Waals surface area contributed by atoms with E-state index < -0.39 is 0 Å². The minimum absolute atomic E-state index is 0.609. The molecule has 0 saturated carbocycles. The van der Waals surface area contributed by atoms with E-state index in [2.05, 4.69) is 121 Å². The first-order valence-electron chi connectivity index (χ1n) is 18.3. The Balaban J connectivity index is 1.09. The molecular formula is C49H31N3OS. The molecule has 0 bridgehead atoms. The summed E-state index contributed by atoms with van der Waals surface area (Å²) in [6.45, 7) is 0. The lowest BCUT2D eigenvalue weighted by Gasteiger charge is -2.11. The molecule has 0 unspecified atom stereocenters. The second kappa shape index (κ2) is 12.5. The summed E-state index contributed by atoms with van der Waals surface area (Å²) in [4.78, 5) is 15.3. The van der Waals surface area contributed by atoms with Crippen molar-refractivity contribution >= 4 is 69.8 Å². The highest BCUT2D eigenvalue weighted by Crippen LogP contribution is 2.44. The molecule has 54 heavy (non-hydrogen) atoms. The summed E-state index contributed by atoms with van der Waals surface area (Å²) < 4.78 is 9.09. The van der Waals surface area contributed by atoms with Crippen molar-refractivity contribution < 1.29 is 4.42 Å². The first kappa shape index (κ1) is 30.9. The van der Waals surface area contributed by atoms with Crippen LogP contribution >= 0.6 is 11.3 Å². The van der Waals surface area contributed by atoms with Gasteiger partial charge >= 0.3 is 0 Å². The first-order chi connectivity index (χ1) is 26.7. The third-order valence-electron chi connectivity index (χ3n) is 10.6. The van der Waals surface area contributed by atoms with Crippen LogP contribution in [0.2, 0.25) is 0 Å². The average Bonchev–Trinajstić information content (AvgIpc) is 3.83. The highest BCUT2D eigenvalue weighted by molar-refractivity contribution is 7.26. The summed E-state index contributed by atoms with van der Waals surface area (Å²) in [6.07, 6.45) is 8.91. The smallest absolute Gasteiger partial charge is 0.164 e. The number of fused-ring (bicyclic) bond motifs is 8. The number of hydrogen-bond donors (Lipinski definition) is 0. The molecule has 4 nitrogen and oxygen atoms in total. The van der Waals surface area contributed by atoms with Crippen molar-refractivity contribution in [3.63, 3.8) is 0 Å². The van der Waals surface area contributed by atoms with Crippen LogP contribution in [-0.2, 0) is 0 Å². The van der Waals surface area contributed by atoms with Crippen molar-refractivity contribution in [1.82, 2.24) is 15.0 Å². The first-order valence-corrected chi connectivity index (χ1v) is 19.1. The van der Waals surface area contributed by atoms with Crippen LogP contribution in [-0.4, -0.2) is 15.0 Å². The lowest BCUT2D eigenvalue weighted by Crippen LogP contribution is -2.00. The van der Waals surface area contributed by atoms with E-state index in [1.54, 1.807) is 0 Å². The normalized spacial score (nSPS) is 13.1. The molecule has 254 valence electrons. The van der Waals surface area contributed by atoms with Gasteiger partial charge in [-0.3, -0.25) is 0 Å². The van der Waals surface area contributed by atoms with E-state index in [0.29, 0.717) is 17.5 Å². The summed E-state index contributed by atoms with van der Waals surface area (Å²) in [6, 6.07) is 51.2.